The second-order valence-electron chi connectivity index (χ2n) is 3.88. The molecule has 2 amide bonds. The SMILES string of the molecule is CN(C)S(=O)(=O)c1ccc(NCCNC(N)=O)nc1. The van der Waals surface area contributed by atoms with Crippen molar-refractivity contribution < 1.29 is 13.2 Å². The number of pyridine rings is 1. The second kappa shape index (κ2) is 6.34. The number of amides is 2. The van der Waals surface area contributed by atoms with E-state index in [9.17, 15) is 13.2 Å². The number of primary amides is 1. The fourth-order valence-corrected chi connectivity index (χ4v) is 2.07. The number of sulfonamides is 1. The van der Waals surface area contributed by atoms with Gasteiger partial charge in [-0.2, -0.15) is 0 Å². The van der Waals surface area contributed by atoms with E-state index in [4.69, 9.17) is 5.73 Å². The van der Waals surface area contributed by atoms with E-state index < -0.39 is 16.1 Å². The lowest BCUT2D eigenvalue weighted by Crippen LogP contribution is -2.33. The predicted molar refractivity (Wildman–Crippen MR) is 71.2 cm³/mol. The third-order valence-corrected chi connectivity index (χ3v) is 4.04. The Morgan fingerprint density at radius 3 is 2.53 bits per heavy atom. The molecule has 1 heterocycles. The van der Waals surface area contributed by atoms with Crippen molar-refractivity contribution >= 4 is 21.9 Å². The van der Waals surface area contributed by atoms with E-state index in [2.05, 4.69) is 15.6 Å². The highest BCUT2D eigenvalue weighted by atomic mass is 32.2. The van der Waals surface area contributed by atoms with Crippen LogP contribution in [0.3, 0.4) is 0 Å². The van der Waals surface area contributed by atoms with E-state index in [1.807, 2.05) is 0 Å². The van der Waals surface area contributed by atoms with Gasteiger partial charge in [0, 0.05) is 33.4 Å². The van der Waals surface area contributed by atoms with E-state index in [0.29, 0.717) is 18.9 Å². The molecule has 1 rings (SSSR count). The number of anilines is 1. The third-order valence-electron chi connectivity index (χ3n) is 2.25. The highest BCUT2D eigenvalue weighted by Crippen LogP contribution is 2.13. The fourth-order valence-electron chi connectivity index (χ4n) is 1.22. The van der Waals surface area contributed by atoms with Crippen molar-refractivity contribution in [1.82, 2.24) is 14.6 Å². The predicted octanol–water partition coefficient (Wildman–Crippen LogP) is -0.588. The maximum absolute atomic E-state index is 11.8. The standard InChI is InChI=1S/C10H17N5O3S/c1-15(2)19(17,18)8-3-4-9(14-7-8)12-5-6-13-10(11)16/h3-4,7H,5-6H2,1-2H3,(H,12,14)(H3,11,13,16). The summed E-state index contributed by atoms with van der Waals surface area (Å²) in [6.07, 6.45) is 1.28. The zero-order valence-corrected chi connectivity index (χ0v) is 11.6. The molecule has 1 aromatic heterocycles. The van der Waals surface area contributed by atoms with Gasteiger partial charge in [-0.15, -0.1) is 0 Å². The molecule has 0 aromatic carbocycles. The van der Waals surface area contributed by atoms with Gasteiger partial charge in [-0.25, -0.2) is 22.5 Å². The van der Waals surface area contributed by atoms with Crippen LogP contribution < -0.4 is 16.4 Å². The Balaban J connectivity index is 2.60. The number of carbonyl (C=O) groups is 1. The van der Waals surface area contributed by atoms with Crippen LogP contribution in [0.1, 0.15) is 0 Å². The molecule has 4 N–H and O–H groups in total. The third kappa shape index (κ3) is 4.38. The van der Waals surface area contributed by atoms with Crippen molar-refractivity contribution in [2.75, 3.05) is 32.5 Å². The van der Waals surface area contributed by atoms with Crippen molar-refractivity contribution in [3.05, 3.63) is 18.3 Å². The molecule has 0 unspecified atom stereocenters. The molecule has 19 heavy (non-hydrogen) atoms. The fraction of sp³-hybridized carbons (Fsp3) is 0.400. The summed E-state index contributed by atoms with van der Waals surface area (Å²) >= 11 is 0. The molecule has 0 aliphatic rings. The van der Waals surface area contributed by atoms with Crippen molar-refractivity contribution in [2.45, 2.75) is 4.90 Å². The summed E-state index contributed by atoms with van der Waals surface area (Å²) in [7, 11) is -0.550. The van der Waals surface area contributed by atoms with Crippen LogP contribution in [0.5, 0.6) is 0 Å². The van der Waals surface area contributed by atoms with E-state index in [1.54, 1.807) is 6.07 Å². The van der Waals surface area contributed by atoms with Crippen molar-refractivity contribution in [1.29, 1.82) is 0 Å². The van der Waals surface area contributed by atoms with Gasteiger partial charge < -0.3 is 16.4 Å². The first-order valence-corrected chi connectivity index (χ1v) is 6.94. The lowest BCUT2D eigenvalue weighted by atomic mass is 10.4. The molecule has 106 valence electrons. The largest absolute Gasteiger partial charge is 0.368 e. The Kier molecular flexibility index (Phi) is 5.07. The minimum absolute atomic E-state index is 0.123. The topological polar surface area (TPSA) is 117 Å². The number of hydrogen-bond acceptors (Lipinski definition) is 5. The Labute approximate surface area is 112 Å². The molecule has 0 aliphatic carbocycles. The zero-order valence-electron chi connectivity index (χ0n) is 10.8. The van der Waals surface area contributed by atoms with Gasteiger partial charge in [0.25, 0.3) is 0 Å². The van der Waals surface area contributed by atoms with Gasteiger partial charge in [-0.05, 0) is 12.1 Å². The summed E-state index contributed by atoms with van der Waals surface area (Å²) in [5.41, 5.74) is 4.90. The maximum atomic E-state index is 11.8. The smallest absolute Gasteiger partial charge is 0.312 e. The molecular weight excluding hydrogens is 270 g/mol. The Bertz CT molecular complexity index is 527. The molecule has 0 bridgehead atoms. The van der Waals surface area contributed by atoms with Crippen LogP contribution >= 0.6 is 0 Å². The number of rotatable bonds is 6. The van der Waals surface area contributed by atoms with E-state index in [-0.39, 0.29) is 4.90 Å². The van der Waals surface area contributed by atoms with Gasteiger partial charge in [-0.1, -0.05) is 0 Å². The quantitative estimate of drug-likeness (QED) is 0.605. The highest BCUT2D eigenvalue weighted by molar-refractivity contribution is 7.89. The lowest BCUT2D eigenvalue weighted by Gasteiger charge is -2.11. The molecule has 9 heteroatoms. The summed E-state index contributed by atoms with van der Waals surface area (Å²) in [5, 5.41) is 5.33. The van der Waals surface area contributed by atoms with Crippen molar-refractivity contribution in [3.63, 3.8) is 0 Å². The molecule has 0 atom stereocenters. The minimum atomic E-state index is -3.46. The van der Waals surface area contributed by atoms with Gasteiger partial charge in [0.15, 0.2) is 0 Å². The molecular formula is C10H17N5O3S. The number of nitrogens with zero attached hydrogens (tertiary/aromatic N) is 2. The van der Waals surface area contributed by atoms with Crippen LogP contribution in [0.4, 0.5) is 10.6 Å². The summed E-state index contributed by atoms with van der Waals surface area (Å²) in [6.45, 7) is 0.796. The number of nitrogens with two attached hydrogens (primary N) is 1. The van der Waals surface area contributed by atoms with Crippen LogP contribution in [0.2, 0.25) is 0 Å². The molecule has 1 aromatic rings. The van der Waals surface area contributed by atoms with Gasteiger partial charge in [0.1, 0.15) is 10.7 Å². The van der Waals surface area contributed by atoms with E-state index >= 15 is 0 Å². The van der Waals surface area contributed by atoms with Gasteiger partial charge in [0.2, 0.25) is 10.0 Å². The summed E-state index contributed by atoms with van der Waals surface area (Å²) in [4.78, 5) is 14.5. The van der Waals surface area contributed by atoms with Crippen LogP contribution in [-0.4, -0.2) is 50.9 Å². The van der Waals surface area contributed by atoms with Crippen LogP contribution in [0, 0.1) is 0 Å². The second-order valence-corrected chi connectivity index (χ2v) is 6.04. The van der Waals surface area contributed by atoms with E-state index in [0.717, 1.165) is 4.31 Å². The first-order valence-electron chi connectivity index (χ1n) is 5.50. The summed E-state index contributed by atoms with van der Waals surface area (Å²) in [6, 6.07) is 2.43. The van der Waals surface area contributed by atoms with Crippen LogP contribution in [0.25, 0.3) is 0 Å². The van der Waals surface area contributed by atoms with Gasteiger partial charge in [-0.3, -0.25) is 0 Å². The van der Waals surface area contributed by atoms with Crippen LogP contribution in [-0.2, 0) is 10.0 Å². The molecule has 0 aliphatic heterocycles. The number of aromatic nitrogens is 1. The maximum Gasteiger partial charge on any atom is 0.312 e. The van der Waals surface area contributed by atoms with E-state index in [1.165, 1.54) is 26.4 Å². The van der Waals surface area contributed by atoms with Gasteiger partial charge >= 0.3 is 6.03 Å². The molecule has 0 saturated carbocycles. The molecule has 0 saturated heterocycles. The molecule has 0 radical (unpaired) electrons. The first-order chi connectivity index (χ1) is 8.84. The van der Waals surface area contributed by atoms with Crippen LogP contribution in [0.15, 0.2) is 23.2 Å². The molecule has 0 fully saturated rings. The Morgan fingerprint density at radius 2 is 2.05 bits per heavy atom. The normalized spacial score (nSPS) is 11.3. The lowest BCUT2D eigenvalue weighted by molar-refractivity contribution is 0.249. The zero-order chi connectivity index (χ0) is 14.5. The summed E-state index contributed by atoms with van der Waals surface area (Å²) in [5.74, 6) is 0.518. The van der Waals surface area contributed by atoms with Crippen molar-refractivity contribution in [3.8, 4) is 0 Å². The average molecular weight is 287 g/mol. The van der Waals surface area contributed by atoms with Crippen molar-refractivity contribution in [2.24, 2.45) is 5.73 Å². The Morgan fingerprint density at radius 1 is 1.37 bits per heavy atom. The molecule has 8 nitrogen and oxygen atoms in total. The number of nitrogens with one attached hydrogen (secondary N) is 2. The summed E-state index contributed by atoms with van der Waals surface area (Å²) < 4.78 is 24.7. The number of hydrogen-bond donors (Lipinski definition) is 3. The minimum Gasteiger partial charge on any atom is -0.368 e. The Hall–Kier alpha value is -1.87. The number of carbonyl (C=O) groups excluding carboxylic acids is 1. The monoisotopic (exact) mass is 287 g/mol. The average Bonchev–Trinajstić information content (AvgIpc) is 2.35. The molecule has 0 spiro atoms. The first kappa shape index (κ1) is 15.2. The number of urea groups is 1. The van der Waals surface area contributed by atoms with Gasteiger partial charge in [0.05, 0.1) is 0 Å². The highest BCUT2D eigenvalue weighted by Gasteiger charge is 2.17.